The lowest BCUT2D eigenvalue weighted by Gasteiger charge is -2.34. The molecule has 4 heteroatoms. The van der Waals surface area contributed by atoms with Gasteiger partial charge in [0.05, 0.1) is 0 Å². The molecule has 1 aromatic rings. The van der Waals surface area contributed by atoms with Crippen LogP contribution in [0.1, 0.15) is 39.0 Å². The topological polar surface area (TPSA) is 41.5 Å². The van der Waals surface area contributed by atoms with Crippen LogP contribution >= 0.6 is 0 Å². The number of hydrogen-bond donors (Lipinski definition) is 2. The van der Waals surface area contributed by atoms with Gasteiger partial charge < -0.3 is 15.2 Å². The SMILES string of the molecule is CC1(CNCC(O)COc2ccc(F)cc2)CCCCC1. The largest absolute Gasteiger partial charge is 0.491 e. The number of aliphatic hydroxyl groups is 1. The van der Waals surface area contributed by atoms with Gasteiger partial charge in [0.25, 0.3) is 0 Å². The van der Waals surface area contributed by atoms with E-state index in [1.807, 2.05) is 0 Å². The van der Waals surface area contributed by atoms with E-state index in [1.165, 1.54) is 44.2 Å². The lowest BCUT2D eigenvalue weighted by molar-refractivity contribution is 0.100. The van der Waals surface area contributed by atoms with Crippen LogP contribution in [0.5, 0.6) is 5.75 Å². The second kappa shape index (κ2) is 7.76. The van der Waals surface area contributed by atoms with Crippen molar-refractivity contribution in [2.75, 3.05) is 19.7 Å². The lowest BCUT2D eigenvalue weighted by atomic mass is 9.76. The van der Waals surface area contributed by atoms with Crippen molar-refractivity contribution in [2.45, 2.75) is 45.1 Å². The molecule has 1 saturated carbocycles. The minimum atomic E-state index is -0.553. The Morgan fingerprint density at radius 3 is 2.57 bits per heavy atom. The molecule has 0 aliphatic heterocycles. The molecule has 0 radical (unpaired) electrons. The molecule has 1 aliphatic carbocycles. The van der Waals surface area contributed by atoms with Crippen molar-refractivity contribution in [1.29, 1.82) is 0 Å². The van der Waals surface area contributed by atoms with E-state index in [0.717, 1.165) is 6.54 Å². The van der Waals surface area contributed by atoms with E-state index >= 15 is 0 Å². The first kappa shape index (κ1) is 16.2. The molecular weight excluding hydrogens is 269 g/mol. The van der Waals surface area contributed by atoms with Crippen LogP contribution in [0.15, 0.2) is 24.3 Å². The zero-order chi connectivity index (χ0) is 15.1. The molecule has 0 bridgehead atoms. The Bertz CT molecular complexity index is 415. The van der Waals surface area contributed by atoms with Crippen molar-refractivity contribution in [3.8, 4) is 5.75 Å². The van der Waals surface area contributed by atoms with Gasteiger partial charge in [-0.05, 0) is 42.5 Å². The summed E-state index contributed by atoms with van der Waals surface area (Å²) in [6.07, 6.45) is 5.96. The maximum Gasteiger partial charge on any atom is 0.123 e. The molecule has 0 amide bonds. The highest BCUT2D eigenvalue weighted by Gasteiger charge is 2.26. The number of ether oxygens (including phenoxy) is 1. The standard InChI is InChI=1S/C17H26FNO2/c1-17(9-3-2-4-10-17)13-19-11-15(20)12-21-16-7-5-14(18)6-8-16/h5-8,15,19-20H,2-4,9-13H2,1H3. The van der Waals surface area contributed by atoms with Crippen LogP contribution in [0.4, 0.5) is 4.39 Å². The number of rotatable bonds is 7. The Hall–Kier alpha value is -1.13. The Kier molecular flexibility index (Phi) is 6.00. The van der Waals surface area contributed by atoms with Gasteiger partial charge in [0.2, 0.25) is 0 Å². The summed E-state index contributed by atoms with van der Waals surface area (Å²) in [6.45, 7) is 4.01. The van der Waals surface area contributed by atoms with Crippen LogP contribution in [0, 0.1) is 11.2 Å². The van der Waals surface area contributed by atoms with Gasteiger partial charge in [-0.1, -0.05) is 26.2 Å². The molecule has 1 atom stereocenters. The molecule has 1 aliphatic rings. The number of nitrogens with one attached hydrogen (secondary N) is 1. The summed E-state index contributed by atoms with van der Waals surface area (Å²) in [5, 5.41) is 13.3. The monoisotopic (exact) mass is 295 g/mol. The van der Waals surface area contributed by atoms with E-state index in [0.29, 0.717) is 17.7 Å². The zero-order valence-electron chi connectivity index (χ0n) is 12.8. The smallest absolute Gasteiger partial charge is 0.123 e. The molecule has 0 heterocycles. The fourth-order valence-corrected chi connectivity index (χ4v) is 2.90. The summed E-state index contributed by atoms with van der Waals surface area (Å²) < 4.78 is 18.2. The van der Waals surface area contributed by atoms with E-state index in [4.69, 9.17) is 4.74 Å². The molecular formula is C17H26FNO2. The van der Waals surface area contributed by atoms with Gasteiger partial charge in [-0.15, -0.1) is 0 Å². The molecule has 118 valence electrons. The van der Waals surface area contributed by atoms with Crippen LogP contribution in [0.25, 0.3) is 0 Å². The molecule has 0 aromatic heterocycles. The quantitative estimate of drug-likeness (QED) is 0.812. The molecule has 2 rings (SSSR count). The number of benzene rings is 1. The summed E-state index contributed by atoms with van der Waals surface area (Å²) in [7, 11) is 0. The summed E-state index contributed by atoms with van der Waals surface area (Å²) >= 11 is 0. The van der Waals surface area contributed by atoms with Crippen LogP contribution in [-0.4, -0.2) is 30.9 Å². The van der Waals surface area contributed by atoms with Gasteiger partial charge in [-0.3, -0.25) is 0 Å². The fraction of sp³-hybridized carbons (Fsp3) is 0.647. The van der Waals surface area contributed by atoms with Crippen molar-refractivity contribution >= 4 is 0 Å². The molecule has 2 N–H and O–H groups in total. The van der Waals surface area contributed by atoms with E-state index < -0.39 is 6.10 Å². The Morgan fingerprint density at radius 1 is 1.24 bits per heavy atom. The molecule has 0 spiro atoms. The van der Waals surface area contributed by atoms with Crippen LogP contribution < -0.4 is 10.1 Å². The van der Waals surface area contributed by atoms with E-state index in [-0.39, 0.29) is 12.4 Å². The summed E-state index contributed by atoms with van der Waals surface area (Å²) in [5.74, 6) is 0.292. The Morgan fingerprint density at radius 2 is 1.90 bits per heavy atom. The van der Waals surface area contributed by atoms with Gasteiger partial charge in [-0.25, -0.2) is 4.39 Å². The van der Waals surface area contributed by atoms with Gasteiger partial charge >= 0.3 is 0 Å². The van der Waals surface area contributed by atoms with Gasteiger partial charge in [0.15, 0.2) is 0 Å². The third kappa shape index (κ3) is 5.64. The minimum absolute atomic E-state index is 0.218. The molecule has 0 saturated heterocycles. The Labute approximate surface area is 126 Å². The van der Waals surface area contributed by atoms with E-state index in [1.54, 1.807) is 12.1 Å². The summed E-state index contributed by atoms with van der Waals surface area (Å²) in [6, 6.07) is 5.84. The van der Waals surface area contributed by atoms with Crippen molar-refractivity contribution in [2.24, 2.45) is 5.41 Å². The first-order valence-corrected chi connectivity index (χ1v) is 7.85. The van der Waals surface area contributed by atoms with E-state index in [2.05, 4.69) is 12.2 Å². The number of halogens is 1. The summed E-state index contributed by atoms with van der Waals surface area (Å²) in [4.78, 5) is 0. The zero-order valence-corrected chi connectivity index (χ0v) is 12.8. The maximum atomic E-state index is 12.7. The molecule has 1 fully saturated rings. The minimum Gasteiger partial charge on any atom is -0.491 e. The normalized spacial score (nSPS) is 19.2. The van der Waals surface area contributed by atoms with Crippen molar-refractivity contribution in [3.05, 3.63) is 30.1 Å². The average Bonchev–Trinajstić information content (AvgIpc) is 2.47. The predicted octanol–water partition coefficient (Wildman–Crippen LogP) is 3.13. The predicted molar refractivity (Wildman–Crippen MR) is 82.0 cm³/mol. The van der Waals surface area contributed by atoms with Crippen LogP contribution in [-0.2, 0) is 0 Å². The highest BCUT2D eigenvalue weighted by atomic mass is 19.1. The van der Waals surface area contributed by atoms with Gasteiger partial charge in [0.1, 0.15) is 24.3 Å². The van der Waals surface area contributed by atoms with Crippen molar-refractivity contribution < 1.29 is 14.2 Å². The van der Waals surface area contributed by atoms with Gasteiger partial charge in [0, 0.05) is 13.1 Å². The molecule has 21 heavy (non-hydrogen) atoms. The van der Waals surface area contributed by atoms with Crippen LogP contribution in [0.3, 0.4) is 0 Å². The second-order valence-electron chi connectivity index (χ2n) is 6.42. The molecule has 1 aromatic carbocycles. The lowest BCUT2D eigenvalue weighted by Crippen LogP contribution is -2.39. The van der Waals surface area contributed by atoms with Crippen molar-refractivity contribution in [1.82, 2.24) is 5.32 Å². The fourth-order valence-electron chi connectivity index (χ4n) is 2.90. The van der Waals surface area contributed by atoms with E-state index in [9.17, 15) is 9.50 Å². The third-order valence-corrected chi connectivity index (χ3v) is 4.25. The number of hydrogen-bond acceptors (Lipinski definition) is 3. The highest BCUT2D eigenvalue weighted by Crippen LogP contribution is 2.34. The molecule has 1 unspecified atom stereocenters. The van der Waals surface area contributed by atoms with Gasteiger partial charge in [-0.2, -0.15) is 0 Å². The number of aliphatic hydroxyl groups excluding tert-OH is 1. The van der Waals surface area contributed by atoms with Crippen molar-refractivity contribution in [3.63, 3.8) is 0 Å². The first-order valence-electron chi connectivity index (χ1n) is 7.85. The molecule has 3 nitrogen and oxygen atoms in total. The first-order chi connectivity index (χ1) is 10.1. The van der Waals surface area contributed by atoms with Crippen LogP contribution in [0.2, 0.25) is 0 Å². The Balaban J connectivity index is 1.63. The second-order valence-corrected chi connectivity index (χ2v) is 6.42. The highest BCUT2D eigenvalue weighted by molar-refractivity contribution is 5.22. The average molecular weight is 295 g/mol. The third-order valence-electron chi connectivity index (χ3n) is 4.25. The summed E-state index contributed by atoms with van der Waals surface area (Å²) in [5.41, 5.74) is 0.371. The maximum absolute atomic E-state index is 12.7.